The zero-order valence-corrected chi connectivity index (χ0v) is 10.9. The Morgan fingerprint density at radius 3 is 2.74 bits per heavy atom. The van der Waals surface area contributed by atoms with Gasteiger partial charge in [0.2, 0.25) is 0 Å². The molecule has 0 amide bonds. The lowest BCUT2D eigenvalue weighted by molar-refractivity contribution is 0.0589. The van der Waals surface area contributed by atoms with E-state index in [0.717, 1.165) is 11.3 Å². The molecule has 0 radical (unpaired) electrons. The van der Waals surface area contributed by atoms with Gasteiger partial charge < -0.3 is 19.8 Å². The first-order valence-electron chi connectivity index (χ1n) is 5.81. The van der Waals surface area contributed by atoms with Gasteiger partial charge in [-0.15, -0.1) is 0 Å². The molecule has 5 nitrogen and oxygen atoms in total. The van der Waals surface area contributed by atoms with Gasteiger partial charge in [0, 0.05) is 11.8 Å². The Bertz CT molecular complexity index is 590. The molecule has 0 bridgehead atoms. The van der Waals surface area contributed by atoms with E-state index < -0.39 is 5.97 Å². The largest absolute Gasteiger partial charge is 0.496 e. The average Bonchev–Trinajstić information content (AvgIpc) is 2.79. The number of methoxy groups -OCH3 is 2. The summed E-state index contributed by atoms with van der Waals surface area (Å²) in [5.41, 5.74) is 7.65. The lowest BCUT2D eigenvalue weighted by Crippen LogP contribution is -2.11. The Balaban J connectivity index is 2.35. The second-order valence-electron chi connectivity index (χ2n) is 4.09. The number of hydrogen-bond acceptors (Lipinski definition) is 4. The molecule has 2 N–H and O–H groups in total. The predicted octanol–water partition coefficient (Wildman–Crippen LogP) is 1.91. The highest BCUT2D eigenvalue weighted by atomic mass is 16.5. The van der Waals surface area contributed by atoms with Crippen LogP contribution in [0.4, 0.5) is 5.69 Å². The SMILES string of the molecule is COC(=O)c1cc(N)cn1Cc1ccccc1OC. The Morgan fingerprint density at radius 2 is 2.05 bits per heavy atom. The van der Waals surface area contributed by atoms with E-state index in [0.29, 0.717) is 17.9 Å². The van der Waals surface area contributed by atoms with Gasteiger partial charge in [-0.25, -0.2) is 4.79 Å². The Kier molecular flexibility index (Phi) is 3.75. The van der Waals surface area contributed by atoms with E-state index in [1.807, 2.05) is 24.3 Å². The number of carbonyl (C=O) groups is 1. The second-order valence-corrected chi connectivity index (χ2v) is 4.09. The summed E-state index contributed by atoms with van der Waals surface area (Å²) in [5, 5.41) is 0. The van der Waals surface area contributed by atoms with Gasteiger partial charge in [-0.1, -0.05) is 18.2 Å². The van der Waals surface area contributed by atoms with Crippen molar-refractivity contribution in [3.8, 4) is 5.75 Å². The molecule has 100 valence electrons. The molecule has 0 saturated carbocycles. The molecule has 0 aliphatic rings. The molecule has 1 aromatic carbocycles. The van der Waals surface area contributed by atoms with E-state index in [9.17, 15) is 4.79 Å². The van der Waals surface area contributed by atoms with Crippen LogP contribution in [0.15, 0.2) is 36.5 Å². The third-order valence-electron chi connectivity index (χ3n) is 2.85. The maximum absolute atomic E-state index is 11.7. The number of esters is 1. The van der Waals surface area contributed by atoms with Crippen molar-refractivity contribution in [2.24, 2.45) is 0 Å². The quantitative estimate of drug-likeness (QED) is 0.853. The second kappa shape index (κ2) is 5.48. The molecular formula is C14H16N2O3. The number of benzene rings is 1. The molecule has 0 spiro atoms. The van der Waals surface area contributed by atoms with Crippen molar-refractivity contribution in [1.29, 1.82) is 0 Å². The maximum Gasteiger partial charge on any atom is 0.354 e. The number of nitrogens with zero attached hydrogens (tertiary/aromatic N) is 1. The number of anilines is 1. The van der Waals surface area contributed by atoms with Gasteiger partial charge in [0.25, 0.3) is 0 Å². The van der Waals surface area contributed by atoms with Gasteiger partial charge in [0.1, 0.15) is 11.4 Å². The van der Waals surface area contributed by atoms with Crippen LogP contribution in [-0.2, 0) is 11.3 Å². The van der Waals surface area contributed by atoms with E-state index >= 15 is 0 Å². The number of carbonyl (C=O) groups excluding carboxylic acids is 1. The lowest BCUT2D eigenvalue weighted by atomic mass is 10.2. The summed E-state index contributed by atoms with van der Waals surface area (Å²) in [4.78, 5) is 11.7. The Morgan fingerprint density at radius 1 is 1.32 bits per heavy atom. The van der Waals surface area contributed by atoms with Crippen LogP contribution >= 0.6 is 0 Å². The molecular weight excluding hydrogens is 244 g/mol. The van der Waals surface area contributed by atoms with Gasteiger partial charge in [0.05, 0.1) is 26.5 Å². The molecule has 1 heterocycles. The van der Waals surface area contributed by atoms with Crippen molar-refractivity contribution in [3.05, 3.63) is 47.8 Å². The normalized spacial score (nSPS) is 10.2. The summed E-state index contributed by atoms with van der Waals surface area (Å²) in [7, 11) is 2.96. The Hall–Kier alpha value is -2.43. The minimum absolute atomic E-state index is 0.411. The number of aromatic nitrogens is 1. The van der Waals surface area contributed by atoms with Crippen LogP contribution in [0, 0.1) is 0 Å². The Labute approximate surface area is 111 Å². The van der Waals surface area contributed by atoms with E-state index in [-0.39, 0.29) is 0 Å². The molecule has 1 aromatic heterocycles. The summed E-state index contributed by atoms with van der Waals surface area (Å²) in [5.74, 6) is 0.359. The minimum atomic E-state index is -0.411. The standard InChI is InChI=1S/C14H16N2O3/c1-18-13-6-4-3-5-10(13)8-16-9-11(15)7-12(16)14(17)19-2/h3-7,9H,8,15H2,1-2H3. The smallest absolute Gasteiger partial charge is 0.354 e. The van der Waals surface area contributed by atoms with Crippen molar-refractivity contribution < 1.29 is 14.3 Å². The van der Waals surface area contributed by atoms with Crippen LogP contribution in [0.5, 0.6) is 5.75 Å². The molecule has 5 heteroatoms. The average molecular weight is 260 g/mol. The predicted molar refractivity (Wildman–Crippen MR) is 72.3 cm³/mol. The summed E-state index contributed by atoms with van der Waals surface area (Å²) in [6.45, 7) is 0.492. The lowest BCUT2D eigenvalue weighted by Gasteiger charge is -2.11. The van der Waals surface area contributed by atoms with Crippen LogP contribution in [0.25, 0.3) is 0 Å². The summed E-state index contributed by atoms with van der Waals surface area (Å²) < 4.78 is 11.8. The number of rotatable bonds is 4. The van der Waals surface area contributed by atoms with Crippen LogP contribution < -0.4 is 10.5 Å². The van der Waals surface area contributed by atoms with Gasteiger partial charge in [-0.2, -0.15) is 0 Å². The zero-order valence-electron chi connectivity index (χ0n) is 10.9. The first-order chi connectivity index (χ1) is 9.15. The highest BCUT2D eigenvalue weighted by Crippen LogP contribution is 2.21. The first kappa shape index (κ1) is 13.0. The summed E-state index contributed by atoms with van der Waals surface area (Å²) >= 11 is 0. The zero-order chi connectivity index (χ0) is 13.8. The highest BCUT2D eigenvalue weighted by molar-refractivity contribution is 5.89. The first-order valence-corrected chi connectivity index (χ1v) is 5.81. The van der Waals surface area contributed by atoms with Gasteiger partial charge in [0.15, 0.2) is 0 Å². The van der Waals surface area contributed by atoms with Crippen LogP contribution in [0.1, 0.15) is 16.1 Å². The van der Waals surface area contributed by atoms with E-state index in [4.69, 9.17) is 15.2 Å². The van der Waals surface area contributed by atoms with Crippen molar-refractivity contribution in [3.63, 3.8) is 0 Å². The number of nitrogens with two attached hydrogens (primary N) is 1. The fourth-order valence-corrected chi connectivity index (χ4v) is 1.96. The molecule has 0 fully saturated rings. The molecule has 0 atom stereocenters. The molecule has 2 rings (SSSR count). The fourth-order valence-electron chi connectivity index (χ4n) is 1.96. The number of para-hydroxylation sites is 1. The van der Waals surface area contributed by atoms with Gasteiger partial charge >= 0.3 is 5.97 Å². The van der Waals surface area contributed by atoms with Crippen molar-refractivity contribution in [1.82, 2.24) is 4.57 Å². The van der Waals surface area contributed by atoms with Crippen molar-refractivity contribution in [2.45, 2.75) is 6.54 Å². The highest BCUT2D eigenvalue weighted by Gasteiger charge is 2.14. The van der Waals surface area contributed by atoms with Crippen LogP contribution in [-0.4, -0.2) is 24.8 Å². The fraction of sp³-hybridized carbons (Fsp3) is 0.214. The molecule has 0 saturated heterocycles. The third-order valence-corrected chi connectivity index (χ3v) is 2.85. The van der Waals surface area contributed by atoms with E-state index in [2.05, 4.69) is 0 Å². The molecule has 2 aromatic rings. The molecule has 19 heavy (non-hydrogen) atoms. The van der Waals surface area contributed by atoms with Gasteiger partial charge in [-0.3, -0.25) is 0 Å². The maximum atomic E-state index is 11.7. The summed E-state index contributed by atoms with van der Waals surface area (Å²) in [6, 6.07) is 9.23. The third kappa shape index (κ3) is 2.70. The van der Waals surface area contributed by atoms with Crippen LogP contribution in [0.3, 0.4) is 0 Å². The number of hydrogen-bond donors (Lipinski definition) is 1. The minimum Gasteiger partial charge on any atom is -0.496 e. The van der Waals surface area contributed by atoms with Gasteiger partial charge in [-0.05, 0) is 12.1 Å². The molecule has 0 aliphatic heterocycles. The monoisotopic (exact) mass is 260 g/mol. The van der Waals surface area contributed by atoms with E-state index in [1.165, 1.54) is 7.11 Å². The summed E-state index contributed by atoms with van der Waals surface area (Å²) in [6.07, 6.45) is 1.71. The number of nitrogen functional groups attached to an aromatic ring is 1. The number of ether oxygens (including phenoxy) is 2. The molecule has 0 unspecified atom stereocenters. The van der Waals surface area contributed by atoms with E-state index in [1.54, 1.807) is 23.9 Å². The van der Waals surface area contributed by atoms with Crippen LogP contribution in [0.2, 0.25) is 0 Å². The van der Waals surface area contributed by atoms with Crippen molar-refractivity contribution in [2.75, 3.05) is 20.0 Å². The topological polar surface area (TPSA) is 66.5 Å². The van der Waals surface area contributed by atoms with Crippen molar-refractivity contribution >= 4 is 11.7 Å². The molecule has 0 aliphatic carbocycles.